The molecule has 0 spiro atoms. The number of carbonyl (C=O) groups is 1. The molecule has 0 saturated carbocycles. The smallest absolute Gasteiger partial charge is 0.238 e. The van der Waals surface area contributed by atoms with Crippen molar-refractivity contribution in [2.75, 3.05) is 38.0 Å². The van der Waals surface area contributed by atoms with Crippen molar-refractivity contribution in [2.24, 2.45) is 0 Å². The van der Waals surface area contributed by atoms with Gasteiger partial charge >= 0.3 is 0 Å². The molecule has 3 aromatic rings. The van der Waals surface area contributed by atoms with Gasteiger partial charge < -0.3 is 9.88 Å². The van der Waals surface area contributed by atoms with Crippen LogP contribution in [0.25, 0.3) is 11.4 Å². The van der Waals surface area contributed by atoms with Crippen LogP contribution in [-0.4, -0.2) is 63.2 Å². The quantitative estimate of drug-likeness (QED) is 0.631. The molecule has 1 saturated heterocycles. The van der Waals surface area contributed by atoms with Crippen LogP contribution in [0.3, 0.4) is 0 Å². The van der Waals surface area contributed by atoms with Gasteiger partial charge in [-0.25, -0.2) is 0 Å². The van der Waals surface area contributed by atoms with Crippen molar-refractivity contribution in [2.45, 2.75) is 38.8 Å². The van der Waals surface area contributed by atoms with Gasteiger partial charge in [-0.1, -0.05) is 48.9 Å². The number of nitrogens with one attached hydrogen (secondary N) is 1. The largest absolute Gasteiger partial charge is 0.325 e. The van der Waals surface area contributed by atoms with Gasteiger partial charge in [-0.15, -0.1) is 10.2 Å². The van der Waals surface area contributed by atoms with Crippen LogP contribution in [0.15, 0.2) is 54.6 Å². The molecule has 172 valence electrons. The molecule has 2 aliphatic heterocycles. The summed E-state index contributed by atoms with van der Waals surface area (Å²) in [6.45, 7) is 6.14. The number of anilines is 1. The summed E-state index contributed by atoms with van der Waals surface area (Å²) in [4.78, 5) is 17.4. The molecule has 0 bridgehead atoms. The van der Waals surface area contributed by atoms with Crippen molar-refractivity contribution in [3.63, 3.8) is 0 Å². The summed E-state index contributed by atoms with van der Waals surface area (Å²) in [5.41, 5.74) is 3.15. The fraction of sp³-hybridized carbons (Fsp3) is 0.423. The number of nitrogens with zero attached hydrogens (tertiary/aromatic N) is 5. The Bertz CT molecular complexity index is 1070. The highest BCUT2D eigenvalue weighted by Gasteiger charge is 2.20. The van der Waals surface area contributed by atoms with Crippen LogP contribution in [0, 0.1) is 0 Å². The van der Waals surface area contributed by atoms with Gasteiger partial charge in [-0.3, -0.25) is 14.6 Å². The molecule has 2 aliphatic rings. The van der Waals surface area contributed by atoms with Gasteiger partial charge in [0, 0.05) is 56.9 Å². The van der Waals surface area contributed by atoms with Crippen LogP contribution in [-0.2, 0) is 24.3 Å². The number of amides is 1. The summed E-state index contributed by atoms with van der Waals surface area (Å²) < 4.78 is 2.24. The standard InChI is InChI=1S/C26H32N6O/c33-25(20-31-16-14-30(15-17-31)19-21-8-3-1-4-9-21)27-23-11-7-10-22(18-23)26-29-28-24-12-5-2-6-13-32(24)26/h1,3-4,7-11,18H,2,5-6,12-17,19-20H2,(H,27,33). The summed E-state index contributed by atoms with van der Waals surface area (Å²) in [5.74, 6) is 2.00. The van der Waals surface area contributed by atoms with Crippen molar-refractivity contribution in [1.29, 1.82) is 0 Å². The lowest BCUT2D eigenvalue weighted by atomic mass is 10.2. The highest BCUT2D eigenvalue weighted by atomic mass is 16.2. The Morgan fingerprint density at radius 2 is 1.67 bits per heavy atom. The first-order valence-electron chi connectivity index (χ1n) is 12.1. The fourth-order valence-electron chi connectivity index (χ4n) is 4.79. The minimum atomic E-state index is 0.0312. The SMILES string of the molecule is O=C(CN1CCN(Cc2ccccc2)CC1)Nc1cccc(-c2nnc3n2CCCCC3)c1. The number of fused-ring (bicyclic) bond motifs is 1. The zero-order valence-corrected chi connectivity index (χ0v) is 19.1. The van der Waals surface area contributed by atoms with E-state index in [2.05, 4.69) is 60.2 Å². The number of hydrogen-bond acceptors (Lipinski definition) is 5. The second kappa shape index (κ2) is 10.3. The third-order valence-corrected chi connectivity index (χ3v) is 6.60. The molecule has 0 atom stereocenters. The molecule has 0 radical (unpaired) electrons. The van der Waals surface area contributed by atoms with Gasteiger partial charge in [0.05, 0.1) is 6.54 Å². The predicted octanol–water partition coefficient (Wildman–Crippen LogP) is 3.43. The summed E-state index contributed by atoms with van der Waals surface area (Å²) in [5, 5.41) is 11.9. The first kappa shape index (κ1) is 21.8. The van der Waals surface area contributed by atoms with E-state index in [0.717, 1.165) is 75.0 Å². The molecule has 1 fully saturated rings. The number of piperazine rings is 1. The topological polar surface area (TPSA) is 66.3 Å². The van der Waals surface area contributed by atoms with E-state index in [0.29, 0.717) is 6.54 Å². The Morgan fingerprint density at radius 1 is 0.848 bits per heavy atom. The highest BCUT2D eigenvalue weighted by Crippen LogP contribution is 2.25. The first-order valence-corrected chi connectivity index (χ1v) is 12.1. The minimum absolute atomic E-state index is 0.0312. The van der Waals surface area contributed by atoms with Crippen LogP contribution in [0.4, 0.5) is 5.69 Å². The molecule has 33 heavy (non-hydrogen) atoms. The molecule has 7 heteroatoms. The average Bonchev–Trinajstić information content (AvgIpc) is 3.09. The van der Waals surface area contributed by atoms with Crippen molar-refractivity contribution in [3.8, 4) is 11.4 Å². The molecular formula is C26H32N6O. The lowest BCUT2D eigenvalue weighted by Crippen LogP contribution is -2.48. The van der Waals surface area contributed by atoms with E-state index in [9.17, 15) is 4.79 Å². The third kappa shape index (κ3) is 5.49. The lowest BCUT2D eigenvalue weighted by Gasteiger charge is -2.34. The van der Waals surface area contributed by atoms with Gasteiger partial charge in [-0.05, 0) is 30.5 Å². The van der Waals surface area contributed by atoms with Gasteiger partial charge in [0.25, 0.3) is 0 Å². The Labute approximate surface area is 195 Å². The first-order chi connectivity index (χ1) is 16.2. The molecule has 3 heterocycles. The second-order valence-electron chi connectivity index (χ2n) is 9.07. The van der Waals surface area contributed by atoms with E-state index in [1.807, 2.05) is 24.3 Å². The van der Waals surface area contributed by atoms with Gasteiger partial charge in [0.2, 0.25) is 5.91 Å². The van der Waals surface area contributed by atoms with E-state index in [1.54, 1.807) is 0 Å². The molecule has 0 aliphatic carbocycles. The number of aromatic nitrogens is 3. The fourth-order valence-corrected chi connectivity index (χ4v) is 4.79. The maximum Gasteiger partial charge on any atom is 0.238 e. The van der Waals surface area contributed by atoms with Crippen LogP contribution >= 0.6 is 0 Å². The van der Waals surface area contributed by atoms with E-state index < -0.39 is 0 Å². The Morgan fingerprint density at radius 3 is 2.52 bits per heavy atom. The van der Waals surface area contributed by atoms with Crippen LogP contribution in [0.5, 0.6) is 0 Å². The molecule has 2 aromatic carbocycles. The summed E-state index contributed by atoms with van der Waals surface area (Å²) in [6, 6.07) is 18.5. The summed E-state index contributed by atoms with van der Waals surface area (Å²) in [7, 11) is 0. The van der Waals surface area contributed by atoms with Crippen molar-refractivity contribution in [3.05, 3.63) is 66.0 Å². The maximum atomic E-state index is 12.7. The van der Waals surface area contributed by atoms with Crippen LogP contribution in [0.2, 0.25) is 0 Å². The van der Waals surface area contributed by atoms with Crippen molar-refractivity contribution < 1.29 is 4.79 Å². The molecule has 0 unspecified atom stereocenters. The Balaban J connectivity index is 1.15. The van der Waals surface area contributed by atoms with Crippen molar-refractivity contribution in [1.82, 2.24) is 24.6 Å². The summed E-state index contributed by atoms with van der Waals surface area (Å²) >= 11 is 0. The third-order valence-electron chi connectivity index (χ3n) is 6.60. The summed E-state index contributed by atoms with van der Waals surface area (Å²) in [6.07, 6.45) is 4.56. The molecule has 1 amide bonds. The van der Waals surface area contributed by atoms with Gasteiger partial charge in [0.1, 0.15) is 5.82 Å². The molecular weight excluding hydrogens is 412 g/mol. The van der Waals surface area contributed by atoms with Crippen molar-refractivity contribution >= 4 is 11.6 Å². The van der Waals surface area contributed by atoms with Crippen LogP contribution < -0.4 is 5.32 Å². The van der Waals surface area contributed by atoms with E-state index >= 15 is 0 Å². The molecule has 1 N–H and O–H groups in total. The van der Waals surface area contributed by atoms with Crippen LogP contribution in [0.1, 0.15) is 30.7 Å². The van der Waals surface area contributed by atoms with E-state index in [4.69, 9.17) is 0 Å². The Kier molecular flexibility index (Phi) is 6.79. The average molecular weight is 445 g/mol. The molecule has 7 nitrogen and oxygen atoms in total. The monoisotopic (exact) mass is 444 g/mol. The van der Waals surface area contributed by atoms with Gasteiger partial charge in [-0.2, -0.15) is 0 Å². The van der Waals surface area contributed by atoms with E-state index in [1.165, 1.54) is 18.4 Å². The van der Waals surface area contributed by atoms with Gasteiger partial charge in [0.15, 0.2) is 5.82 Å². The predicted molar refractivity (Wildman–Crippen MR) is 130 cm³/mol. The maximum absolute atomic E-state index is 12.7. The lowest BCUT2D eigenvalue weighted by molar-refractivity contribution is -0.117. The number of benzene rings is 2. The zero-order chi connectivity index (χ0) is 22.5. The number of aryl methyl sites for hydroxylation is 1. The highest BCUT2D eigenvalue weighted by molar-refractivity contribution is 5.92. The minimum Gasteiger partial charge on any atom is -0.325 e. The second-order valence-corrected chi connectivity index (χ2v) is 9.07. The normalized spacial score (nSPS) is 17.3. The zero-order valence-electron chi connectivity index (χ0n) is 19.1. The molecule has 1 aromatic heterocycles. The number of hydrogen-bond donors (Lipinski definition) is 1. The number of rotatable bonds is 6. The number of carbonyl (C=O) groups excluding carboxylic acids is 1. The molecule has 5 rings (SSSR count). The Hall–Kier alpha value is -3.03. The van der Waals surface area contributed by atoms with E-state index in [-0.39, 0.29) is 5.91 Å².